The molecule has 11 heteroatoms. The highest BCUT2D eigenvalue weighted by Gasteiger charge is 2.26. The monoisotopic (exact) mass is 490 g/mol. The van der Waals surface area contributed by atoms with Crippen LogP contribution in [-0.2, 0) is 24.3 Å². The van der Waals surface area contributed by atoms with Crippen molar-refractivity contribution in [2.75, 3.05) is 51.9 Å². The predicted molar refractivity (Wildman–Crippen MR) is 124 cm³/mol. The van der Waals surface area contributed by atoms with E-state index >= 15 is 0 Å². The van der Waals surface area contributed by atoms with Crippen LogP contribution in [0.4, 0.5) is 5.69 Å². The number of sulfonamides is 1. The molecule has 3 rings (SSSR count). The van der Waals surface area contributed by atoms with Crippen LogP contribution < -0.4 is 14.8 Å². The third-order valence-corrected chi connectivity index (χ3v) is 6.75. The number of morpholine rings is 1. The van der Waals surface area contributed by atoms with E-state index in [9.17, 15) is 18.0 Å². The van der Waals surface area contributed by atoms with Gasteiger partial charge in [-0.2, -0.15) is 4.31 Å². The lowest BCUT2D eigenvalue weighted by Gasteiger charge is -2.26. The molecule has 0 saturated carbocycles. The Morgan fingerprint density at radius 1 is 1.12 bits per heavy atom. The second kappa shape index (κ2) is 11.6. The van der Waals surface area contributed by atoms with Gasteiger partial charge in [-0.1, -0.05) is 12.7 Å². The maximum absolute atomic E-state index is 12.7. The highest BCUT2D eigenvalue weighted by atomic mass is 32.2. The van der Waals surface area contributed by atoms with Crippen LogP contribution in [0, 0.1) is 0 Å². The van der Waals surface area contributed by atoms with Crippen LogP contribution in [0.25, 0.3) is 0 Å². The van der Waals surface area contributed by atoms with Crippen LogP contribution in [-0.4, -0.2) is 71.2 Å². The molecule has 182 valence electrons. The Kier molecular flexibility index (Phi) is 8.63. The topological polar surface area (TPSA) is 120 Å². The number of methoxy groups -OCH3 is 1. The van der Waals surface area contributed by atoms with Gasteiger partial charge in [0.1, 0.15) is 6.61 Å². The normalized spacial score (nSPS) is 14.1. The summed E-state index contributed by atoms with van der Waals surface area (Å²) in [5, 5.41) is 2.56. The Morgan fingerprint density at radius 2 is 1.82 bits per heavy atom. The number of hydrogen-bond acceptors (Lipinski definition) is 8. The van der Waals surface area contributed by atoms with Crippen molar-refractivity contribution in [1.29, 1.82) is 0 Å². The summed E-state index contributed by atoms with van der Waals surface area (Å²) in [6, 6.07) is 10.3. The van der Waals surface area contributed by atoms with Crippen molar-refractivity contribution in [3.05, 3.63) is 60.7 Å². The molecule has 1 fully saturated rings. The number of benzene rings is 2. The minimum absolute atomic E-state index is 0.119. The van der Waals surface area contributed by atoms with E-state index in [1.807, 2.05) is 0 Å². The summed E-state index contributed by atoms with van der Waals surface area (Å²) >= 11 is 0. The first-order valence-corrected chi connectivity index (χ1v) is 11.9. The first-order valence-electron chi connectivity index (χ1n) is 10.4. The number of carbonyl (C=O) groups is 2. The second-order valence-electron chi connectivity index (χ2n) is 7.13. The van der Waals surface area contributed by atoms with E-state index in [-0.39, 0.29) is 17.1 Å². The lowest BCUT2D eigenvalue weighted by atomic mass is 10.2. The molecular formula is C23H26N2O8S. The summed E-state index contributed by atoms with van der Waals surface area (Å²) in [7, 11) is -2.19. The number of rotatable bonds is 10. The van der Waals surface area contributed by atoms with Gasteiger partial charge in [-0.3, -0.25) is 4.79 Å². The lowest BCUT2D eigenvalue weighted by Crippen LogP contribution is -2.40. The van der Waals surface area contributed by atoms with Gasteiger partial charge >= 0.3 is 5.97 Å². The molecule has 0 bridgehead atoms. The zero-order valence-electron chi connectivity index (χ0n) is 18.7. The zero-order valence-corrected chi connectivity index (χ0v) is 19.5. The first kappa shape index (κ1) is 25.2. The van der Waals surface area contributed by atoms with Crippen molar-refractivity contribution in [3.8, 4) is 11.5 Å². The fraction of sp³-hybridized carbons (Fsp3) is 0.304. The molecule has 1 aliphatic rings. The van der Waals surface area contributed by atoms with Gasteiger partial charge in [0, 0.05) is 18.8 Å². The molecule has 1 N–H and O–H groups in total. The van der Waals surface area contributed by atoms with E-state index in [4.69, 9.17) is 18.9 Å². The number of carbonyl (C=O) groups excluding carboxylic acids is 2. The average molecular weight is 491 g/mol. The standard InChI is InChI=1S/C23H26N2O8S/c1-3-12-32-20-9-4-17(15-21(20)30-2)23(27)33-16-22(26)24-18-5-7-19(8-6-18)34(28,29)25-10-13-31-14-11-25/h3-9,15H,1,10-14,16H2,2H3,(H,24,26). The maximum atomic E-state index is 12.7. The Labute approximate surface area is 198 Å². The molecular weight excluding hydrogens is 464 g/mol. The number of nitrogens with zero attached hydrogens (tertiary/aromatic N) is 1. The smallest absolute Gasteiger partial charge is 0.338 e. The minimum atomic E-state index is -3.63. The van der Waals surface area contributed by atoms with Gasteiger partial charge in [0.25, 0.3) is 5.91 Å². The van der Waals surface area contributed by atoms with Crippen molar-refractivity contribution in [3.63, 3.8) is 0 Å². The molecule has 1 aliphatic heterocycles. The average Bonchev–Trinajstić information content (AvgIpc) is 2.86. The molecule has 0 atom stereocenters. The summed E-state index contributed by atoms with van der Waals surface area (Å²) in [6.45, 7) is 4.62. The van der Waals surface area contributed by atoms with Crippen LogP contribution in [0.2, 0.25) is 0 Å². The molecule has 34 heavy (non-hydrogen) atoms. The summed E-state index contributed by atoms with van der Waals surface area (Å²) in [5.41, 5.74) is 0.556. The summed E-state index contributed by atoms with van der Waals surface area (Å²) in [5.74, 6) is -0.505. The van der Waals surface area contributed by atoms with Gasteiger partial charge in [0.2, 0.25) is 10.0 Å². The molecule has 1 saturated heterocycles. The van der Waals surface area contributed by atoms with Crippen molar-refractivity contribution in [2.45, 2.75) is 4.90 Å². The van der Waals surface area contributed by atoms with Crippen molar-refractivity contribution < 1.29 is 37.0 Å². The highest BCUT2D eigenvalue weighted by Crippen LogP contribution is 2.28. The number of amides is 1. The van der Waals surface area contributed by atoms with Gasteiger partial charge in [-0.15, -0.1) is 0 Å². The molecule has 10 nitrogen and oxygen atoms in total. The summed E-state index contributed by atoms with van der Waals surface area (Å²) in [6.07, 6.45) is 1.58. The Bertz CT molecular complexity index is 1130. The molecule has 0 spiro atoms. The Balaban J connectivity index is 1.54. The van der Waals surface area contributed by atoms with Crippen LogP contribution in [0.3, 0.4) is 0 Å². The molecule has 0 unspecified atom stereocenters. The van der Waals surface area contributed by atoms with Gasteiger partial charge in [0.15, 0.2) is 18.1 Å². The molecule has 1 amide bonds. The van der Waals surface area contributed by atoms with Crippen LogP contribution in [0.5, 0.6) is 11.5 Å². The van der Waals surface area contributed by atoms with Gasteiger partial charge in [-0.05, 0) is 42.5 Å². The molecule has 0 radical (unpaired) electrons. The van der Waals surface area contributed by atoms with Crippen molar-refractivity contribution in [1.82, 2.24) is 4.31 Å². The van der Waals surface area contributed by atoms with Gasteiger partial charge < -0.3 is 24.3 Å². The third kappa shape index (κ3) is 6.34. The molecule has 2 aromatic carbocycles. The molecule has 1 heterocycles. The zero-order chi connectivity index (χ0) is 24.6. The third-order valence-electron chi connectivity index (χ3n) is 4.84. The SMILES string of the molecule is C=CCOc1ccc(C(=O)OCC(=O)Nc2ccc(S(=O)(=O)N3CCOCC3)cc2)cc1OC. The highest BCUT2D eigenvalue weighted by molar-refractivity contribution is 7.89. The first-order chi connectivity index (χ1) is 16.3. The van der Waals surface area contributed by atoms with E-state index in [1.54, 1.807) is 12.1 Å². The van der Waals surface area contributed by atoms with Crippen LogP contribution in [0.15, 0.2) is 60.0 Å². The number of nitrogens with one attached hydrogen (secondary N) is 1. The minimum Gasteiger partial charge on any atom is -0.493 e. The van der Waals surface area contributed by atoms with E-state index in [2.05, 4.69) is 11.9 Å². The van der Waals surface area contributed by atoms with Gasteiger partial charge in [0.05, 0.1) is 30.8 Å². The van der Waals surface area contributed by atoms with E-state index in [0.717, 1.165) is 0 Å². The second-order valence-corrected chi connectivity index (χ2v) is 9.07. The fourth-order valence-electron chi connectivity index (χ4n) is 3.12. The van der Waals surface area contributed by atoms with Crippen molar-refractivity contribution in [2.24, 2.45) is 0 Å². The van der Waals surface area contributed by atoms with E-state index in [1.165, 1.54) is 47.8 Å². The Morgan fingerprint density at radius 3 is 2.47 bits per heavy atom. The van der Waals surface area contributed by atoms with Crippen molar-refractivity contribution >= 4 is 27.6 Å². The predicted octanol–water partition coefficient (Wildman–Crippen LogP) is 2.08. The largest absolute Gasteiger partial charge is 0.493 e. The molecule has 0 aliphatic carbocycles. The van der Waals surface area contributed by atoms with E-state index < -0.39 is 28.5 Å². The fourth-order valence-corrected chi connectivity index (χ4v) is 4.53. The van der Waals surface area contributed by atoms with Crippen LogP contribution >= 0.6 is 0 Å². The quantitative estimate of drug-likeness (QED) is 0.397. The lowest BCUT2D eigenvalue weighted by molar-refractivity contribution is -0.119. The van der Waals surface area contributed by atoms with Crippen LogP contribution in [0.1, 0.15) is 10.4 Å². The molecule has 2 aromatic rings. The summed E-state index contributed by atoms with van der Waals surface area (Å²) < 4.78 is 47.6. The number of ether oxygens (including phenoxy) is 4. The number of hydrogen-bond donors (Lipinski definition) is 1. The number of anilines is 1. The summed E-state index contributed by atoms with van der Waals surface area (Å²) in [4.78, 5) is 24.6. The van der Waals surface area contributed by atoms with E-state index in [0.29, 0.717) is 43.5 Å². The van der Waals surface area contributed by atoms with Gasteiger partial charge in [-0.25, -0.2) is 13.2 Å². The Hall–Kier alpha value is -3.41. The maximum Gasteiger partial charge on any atom is 0.338 e. The number of esters is 1. The molecule has 0 aromatic heterocycles.